The highest BCUT2D eigenvalue weighted by Gasteiger charge is 2.26. The van der Waals surface area contributed by atoms with Gasteiger partial charge in [-0.05, 0) is 89.9 Å². The van der Waals surface area contributed by atoms with Crippen LogP contribution in [-0.2, 0) is 32.7 Å². The standard InChI is InChI=1S/C75H136NO8P/c1-3-5-7-9-11-13-15-17-19-21-23-25-27-29-30-31-32-33-34-35-36-37-38-39-40-41-42-44-45-47-49-51-53-55-57-59-61-63-65-67-74(77)81-71-73(72-83-85(79,80)82-70-69-76)84-75(78)68-66-64-62-60-58-56-54-52-50-48-46-43-28-26-24-22-20-18-16-14-12-10-8-6-4-2/h6,8,12,14,18,20-21,23-24,26,43,46,50,52,73H,3-5,7,9-11,13,15-17,19,22,25,27-42,44-45,47-49,51,53-72,76H2,1-2H3,(H,79,80)/b8-6-,14-12-,20-18-,23-21-,26-24-,46-43-,52-50-. The minimum absolute atomic E-state index is 0.0482. The van der Waals surface area contributed by atoms with E-state index in [-0.39, 0.29) is 38.6 Å². The summed E-state index contributed by atoms with van der Waals surface area (Å²) in [5.74, 6) is -0.835. The van der Waals surface area contributed by atoms with Gasteiger partial charge in [0.15, 0.2) is 6.10 Å². The summed E-state index contributed by atoms with van der Waals surface area (Å²) in [5, 5.41) is 0. The van der Waals surface area contributed by atoms with Crippen LogP contribution in [0.15, 0.2) is 85.1 Å². The molecular formula is C75H136NO8P. The van der Waals surface area contributed by atoms with E-state index in [4.69, 9.17) is 24.3 Å². The summed E-state index contributed by atoms with van der Waals surface area (Å²) in [7, 11) is -4.40. The van der Waals surface area contributed by atoms with Crippen LogP contribution in [0.5, 0.6) is 0 Å². The first-order chi connectivity index (χ1) is 41.8. The second-order valence-electron chi connectivity index (χ2n) is 24.1. The summed E-state index contributed by atoms with van der Waals surface area (Å²) in [6.07, 6.45) is 94.2. The monoisotopic (exact) mass is 1210 g/mol. The Morgan fingerprint density at radius 2 is 0.647 bits per heavy atom. The van der Waals surface area contributed by atoms with Gasteiger partial charge in [0.05, 0.1) is 13.2 Å². The summed E-state index contributed by atoms with van der Waals surface area (Å²) in [6, 6.07) is 0. The Kier molecular flexibility index (Phi) is 68.0. The molecule has 10 heteroatoms. The molecule has 2 unspecified atom stereocenters. The number of rotatable bonds is 68. The first-order valence-electron chi connectivity index (χ1n) is 36.1. The van der Waals surface area contributed by atoms with E-state index in [0.717, 1.165) is 96.3 Å². The van der Waals surface area contributed by atoms with Crippen molar-refractivity contribution in [3.8, 4) is 0 Å². The van der Waals surface area contributed by atoms with Crippen molar-refractivity contribution >= 4 is 19.8 Å². The zero-order valence-corrected chi connectivity index (χ0v) is 56.5. The van der Waals surface area contributed by atoms with E-state index in [1.165, 1.54) is 218 Å². The topological polar surface area (TPSA) is 134 Å². The highest BCUT2D eigenvalue weighted by atomic mass is 31.2. The average molecular weight is 1210 g/mol. The number of ether oxygens (including phenoxy) is 2. The van der Waals surface area contributed by atoms with E-state index in [1.807, 2.05) is 0 Å². The van der Waals surface area contributed by atoms with Gasteiger partial charge in [-0.2, -0.15) is 0 Å². The zero-order valence-electron chi connectivity index (χ0n) is 55.6. The summed E-state index contributed by atoms with van der Waals surface area (Å²) in [5.41, 5.74) is 5.40. The maximum Gasteiger partial charge on any atom is 0.472 e. The summed E-state index contributed by atoms with van der Waals surface area (Å²) >= 11 is 0. The molecule has 0 saturated carbocycles. The first kappa shape index (κ1) is 82.2. The number of nitrogens with two attached hydrogens (primary N) is 1. The van der Waals surface area contributed by atoms with Crippen LogP contribution in [0.4, 0.5) is 0 Å². The third-order valence-electron chi connectivity index (χ3n) is 15.8. The van der Waals surface area contributed by atoms with E-state index in [0.29, 0.717) is 6.42 Å². The molecule has 0 aliphatic rings. The van der Waals surface area contributed by atoms with Crippen LogP contribution < -0.4 is 5.73 Å². The molecule has 0 saturated heterocycles. The summed E-state index contributed by atoms with van der Waals surface area (Å²) in [4.78, 5) is 35.3. The highest BCUT2D eigenvalue weighted by Crippen LogP contribution is 2.43. The van der Waals surface area contributed by atoms with Gasteiger partial charge in [-0.25, -0.2) is 4.57 Å². The Bertz CT molecular complexity index is 1670. The molecule has 494 valence electrons. The van der Waals surface area contributed by atoms with Crippen LogP contribution in [0.2, 0.25) is 0 Å². The van der Waals surface area contributed by atoms with Crippen molar-refractivity contribution < 1.29 is 37.6 Å². The van der Waals surface area contributed by atoms with E-state index >= 15 is 0 Å². The molecule has 0 aliphatic heterocycles. The molecule has 0 aromatic rings. The largest absolute Gasteiger partial charge is 0.472 e. The van der Waals surface area contributed by atoms with Crippen molar-refractivity contribution in [3.05, 3.63) is 85.1 Å². The van der Waals surface area contributed by atoms with Crippen molar-refractivity contribution in [2.75, 3.05) is 26.4 Å². The van der Waals surface area contributed by atoms with Gasteiger partial charge in [0.2, 0.25) is 0 Å². The zero-order chi connectivity index (χ0) is 61.6. The Labute approximate surface area is 525 Å². The second-order valence-corrected chi connectivity index (χ2v) is 25.5. The number of carbonyl (C=O) groups is 2. The highest BCUT2D eigenvalue weighted by molar-refractivity contribution is 7.47. The number of hydrogen-bond acceptors (Lipinski definition) is 8. The van der Waals surface area contributed by atoms with Gasteiger partial charge in [-0.3, -0.25) is 18.6 Å². The third-order valence-corrected chi connectivity index (χ3v) is 16.7. The Morgan fingerprint density at radius 1 is 0.365 bits per heavy atom. The maximum atomic E-state index is 12.7. The fourth-order valence-corrected chi connectivity index (χ4v) is 11.2. The van der Waals surface area contributed by atoms with Gasteiger partial charge in [-0.15, -0.1) is 0 Å². The number of hydrogen-bond donors (Lipinski definition) is 2. The van der Waals surface area contributed by atoms with Gasteiger partial charge < -0.3 is 20.1 Å². The molecule has 0 aliphatic carbocycles. The molecule has 0 aromatic carbocycles. The van der Waals surface area contributed by atoms with Crippen LogP contribution in [0.1, 0.15) is 348 Å². The fraction of sp³-hybridized carbons (Fsp3) is 0.787. The molecule has 0 heterocycles. The van der Waals surface area contributed by atoms with Crippen molar-refractivity contribution in [1.29, 1.82) is 0 Å². The number of phosphoric acid groups is 1. The molecule has 0 bridgehead atoms. The molecular weight excluding hydrogens is 1070 g/mol. The third kappa shape index (κ3) is 70.2. The second kappa shape index (κ2) is 70.3. The SMILES string of the molecule is CC/C=C\C/C=C\C/C=C\C/C=C\C/C=C\C/C=C\CCCCCCCCC(=O)OC(COC(=O)CCCCCCCCCCCCCCCCCCCCCCCCCCCCC/C=C\CCCCCCCCCC)COP(=O)(O)OCCN. The minimum Gasteiger partial charge on any atom is -0.462 e. The van der Waals surface area contributed by atoms with Crippen LogP contribution in [0.25, 0.3) is 0 Å². The van der Waals surface area contributed by atoms with Gasteiger partial charge >= 0.3 is 19.8 Å². The molecule has 2 atom stereocenters. The van der Waals surface area contributed by atoms with Crippen LogP contribution in [-0.4, -0.2) is 49.3 Å². The fourth-order valence-electron chi connectivity index (χ4n) is 10.5. The Hall–Kier alpha value is -2.81. The van der Waals surface area contributed by atoms with Crippen LogP contribution in [0.3, 0.4) is 0 Å². The van der Waals surface area contributed by atoms with Crippen LogP contribution in [0, 0.1) is 0 Å². The van der Waals surface area contributed by atoms with E-state index in [9.17, 15) is 19.0 Å². The molecule has 85 heavy (non-hydrogen) atoms. The van der Waals surface area contributed by atoms with Gasteiger partial charge in [0.25, 0.3) is 0 Å². The Balaban J connectivity index is 3.81. The quantitative estimate of drug-likeness (QED) is 0.0264. The normalized spacial score (nSPS) is 13.4. The molecule has 0 radical (unpaired) electrons. The molecule has 0 fully saturated rings. The molecule has 0 aromatic heterocycles. The first-order valence-corrected chi connectivity index (χ1v) is 37.6. The Morgan fingerprint density at radius 3 is 0.976 bits per heavy atom. The van der Waals surface area contributed by atoms with Crippen molar-refractivity contribution in [1.82, 2.24) is 0 Å². The number of phosphoric ester groups is 1. The number of unbranched alkanes of at least 4 members (excludes halogenated alkanes) is 41. The van der Waals surface area contributed by atoms with E-state index in [2.05, 4.69) is 98.9 Å². The number of esters is 2. The van der Waals surface area contributed by atoms with E-state index < -0.39 is 26.5 Å². The smallest absolute Gasteiger partial charge is 0.462 e. The average Bonchev–Trinajstić information content (AvgIpc) is 3.52. The molecule has 0 amide bonds. The van der Waals surface area contributed by atoms with E-state index in [1.54, 1.807) is 0 Å². The summed E-state index contributed by atoms with van der Waals surface area (Å²) < 4.78 is 33.2. The lowest BCUT2D eigenvalue weighted by Crippen LogP contribution is -2.29. The van der Waals surface area contributed by atoms with Crippen molar-refractivity contribution in [2.24, 2.45) is 5.73 Å². The predicted octanol–water partition coefficient (Wildman–Crippen LogP) is 23.8. The number of carbonyl (C=O) groups excluding carboxylic acids is 2. The lowest BCUT2D eigenvalue weighted by atomic mass is 10.0. The molecule has 3 N–H and O–H groups in total. The number of allylic oxidation sites excluding steroid dienone is 14. The van der Waals surface area contributed by atoms with Crippen molar-refractivity contribution in [3.63, 3.8) is 0 Å². The lowest BCUT2D eigenvalue weighted by molar-refractivity contribution is -0.161. The van der Waals surface area contributed by atoms with Crippen LogP contribution >= 0.6 is 7.82 Å². The molecule has 9 nitrogen and oxygen atoms in total. The maximum absolute atomic E-state index is 12.7. The minimum atomic E-state index is -4.40. The summed E-state index contributed by atoms with van der Waals surface area (Å²) in [6.45, 7) is 3.65. The van der Waals surface area contributed by atoms with Gasteiger partial charge in [-0.1, -0.05) is 330 Å². The predicted molar refractivity (Wildman–Crippen MR) is 367 cm³/mol. The molecule has 0 spiro atoms. The molecule has 0 rings (SSSR count). The van der Waals surface area contributed by atoms with Gasteiger partial charge in [0, 0.05) is 19.4 Å². The van der Waals surface area contributed by atoms with Crippen molar-refractivity contribution in [2.45, 2.75) is 354 Å². The lowest BCUT2D eigenvalue weighted by Gasteiger charge is -2.19. The van der Waals surface area contributed by atoms with Gasteiger partial charge in [0.1, 0.15) is 6.61 Å².